The highest BCUT2D eigenvalue weighted by atomic mass is 79.9. The van der Waals surface area contributed by atoms with Gasteiger partial charge < -0.3 is 10.6 Å². The van der Waals surface area contributed by atoms with E-state index < -0.39 is 5.41 Å². The molecular weight excluding hydrogens is 312 g/mol. The van der Waals surface area contributed by atoms with Gasteiger partial charge in [-0.2, -0.15) is 0 Å². The van der Waals surface area contributed by atoms with Gasteiger partial charge in [-0.1, -0.05) is 13.8 Å². The molecule has 0 aromatic carbocycles. The number of amides is 1. The van der Waals surface area contributed by atoms with E-state index in [2.05, 4.69) is 15.9 Å². The third-order valence-electron chi connectivity index (χ3n) is 3.57. The lowest BCUT2D eigenvalue weighted by atomic mass is 9.81. The first-order chi connectivity index (χ1) is 8.49. The molecule has 0 bridgehead atoms. The van der Waals surface area contributed by atoms with Crippen molar-refractivity contribution in [2.45, 2.75) is 33.2 Å². The molecule has 1 heterocycles. The van der Waals surface area contributed by atoms with Crippen LogP contribution in [0.3, 0.4) is 0 Å². The fraction of sp³-hybridized carbons (Fsp3) is 0.615. The van der Waals surface area contributed by atoms with E-state index in [4.69, 9.17) is 5.73 Å². The van der Waals surface area contributed by atoms with E-state index in [1.807, 2.05) is 33.0 Å². The smallest absolute Gasteiger partial charge is 0.230 e. The summed E-state index contributed by atoms with van der Waals surface area (Å²) >= 11 is 5.09. The van der Waals surface area contributed by atoms with Gasteiger partial charge in [-0.25, -0.2) is 0 Å². The number of halogens is 1. The van der Waals surface area contributed by atoms with Gasteiger partial charge in [0, 0.05) is 18.5 Å². The molecule has 2 N–H and O–H groups in total. The quantitative estimate of drug-likeness (QED) is 0.869. The van der Waals surface area contributed by atoms with Crippen molar-refractivity contribution >= 4 is 33.2 Å². The van der Waals surface area contributed by atoms with Crippen LogP contribution in [0.2, 0.25) is 0 Å². The molecule has 1 aromatic heterocycles. The summed E-state index contributed by atoms with van der Waals surface area (Å²) in [6, 6.07) is 4.05. The minimum atomic E-state index is -0.400. The predicted molar refractivity (Wildman–Crippen MR) is 80.6 cm³/mol. The van der Waals surface area contributed by atoms with Gasteiger partial charge in [-0.05, 0) is 40.9 Å². The number of hydrogen-bond donors (Lipinski definition) is 1. The van der Waals surface area contributed by atoms with Crippen molar-refractivity contribution in [1.82, 2.24) is 4.90 Å². The molecule has 0 aliphatic heterocycles. The molecule has 0 unspecified atom stereocenters. The summed E-state index contributed by atoms with van der Waals surface area (Å²) in [5.74, 6) is 0.152. The monoisotopic (exact) mass is 332 g/mol. The molecule has 0 atom stereocenters. The van der Waals surface area contributed by atoms with Crippen LogP contribution in [0.15, 0.2) is 15.9 Å². The molecule has 1 amide bonds. The Morgan fingerprint density at radius 1 is 1.44 bits per heavy atom. The zero-order chi connectivity index (χ0) is 13.8. The molecule has 1 rings (SSSR count). The predicted octanol–water partition coefficient (Wildman–Crippen LogP) is 3.23. The minimum Gasteiger partial charge on any atom is -0.340 e. The maximum atomic E-state index is 12.5. The van der Waals surface area contributed by atoms with Crippen molar-refractivity contribution in [3.05, 3.63) is 20.8 Å². The lowest BCUT2D eigenvalue weighted by molar-refractivity contribution is -0.141. The Labute approximate surface area is 121 Å². The third-order valence-corrected chi connectivity index (χ3v) is 5.17. The second kappa shape index (κ2) is 6.68. The number of rotatable bonds is 6. The Bertz CT molecular complexity index is 393. The van der Waals surface area contributed by atoms with E-state index in [0.717, 1.165) is 16.6 Å². The van der Waals surface area contributed by atoms with Crippen LogP contribution < -0.4 is 5.73 Å². The summed E-state index contributed by atoms with van der Waals surface area (Å²) in [4.78, 5) is 15.5. The van der Waals surface area contributed by atoms with Crippen molar-refractivity contribution in [3.63, 3.8) is 0 Å². The summed E-state index contributed by atoms with van der Waals surface area (Å²) in [7, 11) is 1.85. The van der Waals surface area contributed by atoms with Gasteiger partial charge in [0.25, 0.3) is 0 Å². The van der Waals surface area contributed by atoms with Gasteiger partial charge in [0.15, 0.2) is 0 Å². The fourth-order valence-electron chi connectivity index (χ4n) is 2.08. The lowest BCUT2D eigenvalue weighted by Crippen LogP contribution is -2.45. The number of thiophene rings is 1. The molecule has 0 saturated carbocycles. The van der Waals surface area contributed by atoms with Crippen LogP contribution in [-0.4, -0.2) is 24.4 Å². The van der Waals surface area contributed by atoms with Crippen molar-refractivity contribution in [3.8, 4) is 0 Å². The van der Waals surface area contributed by atoms with Gasteiger partial charge in [0.2, 0.25) is 5.91 Å². The van der Waals surface area contributed by atoms with Crippen LogP contribution in [0.1, 0.15) is 31.6 Å². The van der Waals surface area contributed by atoms with Gasteiger partial charge in [-0.3, -0.25) is 4.79 Å². The van der Waals surface area contributed by atoms with Gasteiger partial charge in [0.1, 0.15) is 0 Å². The minimum absolute atomic E-state index is 0.152. The van der Waals surface area contributed by atoms with Crippen LogP contribution in [0.4, 0.5) is 0 Å². The average Bonchev–Trinajstić information content (AvgIpc) is 2.77. The third kappa shape index (κ3) is 3.33. The van der Waals surface area contributed by atoms with Crippen LogP contribution in [-0.2, 0) is 11.3 Å². The second-order valence-corrected chi connectivity index (χ2v) is 7.11. The molecule has 0 fully saturated rings. The first-order valence-corrected chi connectivity index (χ1v) is 7.80. The maximum absolute atomic E-state index is 12.5. The molecule has 1 aromatic rings. The van der Waals surface area contributed by atoms with Crippen molar-refractivity contribution in [2.75, 3.05) is 13.6 Å². The number of hydrogen-bond acceptors (Lipinski definition) is 3. The first kappa shape index (κ1) is 15.7. The number of carbonyl (C=O) groups is 1. The molecule has 0 spiro atoms. The first-order valence-electron chi connectivity index (χ1n) is 6.19. The van der Waals surface area contributed by atoms with Gasteiger partial charge >= 0.3 is 0 Å². The molecule has 18 heavy (non-hydrogen) atoms. The summed E-state index contributed by atoms with van der Waals surface area (Å²) in [5.41, 5.74) is 5.41. The number of nitrogens with two attached hydrogens (primary N) is 1. The zero-order valence-electron chi connectivity index (χ0n) is 11.2. The van der Waals surface area contributed by atoms with E-state index >= 15 is 0 Å². The second-order valence-electron chi connectivity index (χ2n) is 4.56. The van der Waals surface area contributed by atoms with Crippen molar-refractivity contribution in [2.24, 2.45) is 11.1 Å². The van der Waals surface area contributed by atoms with Crippen LogP contribution in [0.5, 0.6) is 0 Å². The van der Waals surface area contributed by atoms with Crippen LogP contribution in [0, 0.1) is 5.41 Å². The molecule has 3 nitrogen and oxygen atoms in total. The molecule has 5 heteroatoms. The number of carbonyl (C=O) groups excluding carboxylic acids is 1. The summed E-state index contributed by atoms with van der Waals surface area (Å²) in [6.45, 7) is 5.13. The molecule has 0 saturated heterocycles. The summed E-state index contributed by atoms with van der Waals surface area (Å²) in [5, 5.41) is 0. The summed E-state index contributed by atoms with van der Waals surface area (Å²) in [6.07, 6.45) is 1.58. The Morgan fingerprint density at radius 2 is 2.06 bits per heavy atom. The Kier molecular flexibility index (Phi) is 5.82. The lowest BCUT2D eigenvalue weighted by Gasteiger charge is -2.33. The molecule has 102 valence electrons. The highest BCUT2D eigenvalue weighted by molar-refractivity contribution is 9.11. The fourth-order valence-corrected chi connectivity index (χ4v) is 3.61. The van der Waals surface area contributed by atoms with Gasteiger partial charge in [0.05, 0.1) is 15.7 Å². The SMILES string of the molecule is CCC(CC)(CN)C(=O)N(C)Cc1ccc(Br)s1. The normalized spacial score (nSPS) is 11.6. The largest absolute Gasteiger partial charge is 0.340 e. The van der Waals surface area contributed by atoms with E-state index in [-0.39, 0.29) is 5.91 Å². The standard InChI is InChI=1S/C13H21BrN2OS/c1-4-13(5-2,9-15)12(17)16(3)8-10-6-7-11(14)18-10/h6-7H,4-5,8-9,15H2,1-3H3. The summed E-state index contributed by atoms with van der Waals surface area (Å²) < 4.78 is 1.09. The molecule has 0 aliphatic carbocycles. The van der Waals surface area contributed by atoms with Crippen LogP contribution >= 0.6 is 27.3 Å². The Balaban J connectivity index is 2.76. The molecule has 0 radical (unpaired) electrons. The average molecular weight is 333 g/mol. The Morgan fingerprint density at radius 3 is 2.44 bits per heavy atom. The van der Waals surface area contributed by atoms with Crippen LogP contribution in [0.25, 0.3) is 0 Å². The molecule has 0 aliphatic rings. The highest BCUT2D eigenvalue weighted by Gasteiger charge is 2.35. The van der Waals surface area contributed by atoms with E-state index in [1.165, 1.54) is 4.88 Å². The topological polar surface area (TPSA) is 46.3 Å². The maximum Gasteiger partial charge on any atom is 0.230 e. The number of nitrogens with zero attached hydrogens (tertiary/aromatic N) is 1. The highest BCUT2D eigenvalue weighted by Crippen LogP contribution is 2.29. The molecular formula is C13H21BrN2OS. The Hall–Kier alpha value is -0.390. The van der Waals surface area contributed by atoms with E-state index in [0.29, 0.717) is 13.1 Å². The zero-order valence-corrected chi connectivity index (χ0v) is 13.6. The van der Waals surface area contributed by atoms with Crippen molar-refractivity contribution in [1.29, 1.82) is 0 Å². The van der Waals surface area contributed by atoms with Gasteiger partial charge in [-0.15, -0.1) is 11.3 Å². The van der Waals surface area contributed by atoms with E-state index in [9.17, 15) is 4.79 Å². The van der Waals surface area contributed by atoms with E-state index in [1.54, 1.807) is 16.2 Å². The van der Waals surface area contributed by atoms with Crippen molar-refractivity contribution < 1.29 is 4.79 Å².